The zero-order chi connectivity index (χ0) is 8.69. The molecule has 11 heavy (non-hydrogen) atoms. The normalized spacial score (nSPS) is 9.18. The number of hydrogen-bond donors (Lipinski definition) is 2. The van der Waals surface area contributed by atoms with Gasteiger partial charge in [-0.1, -0.05) is 5.18 Å². The molecular weight excluding hydrogens is 150 g/mol. The second-order valence-corrected chi connectivity index (χ2v) is 1.90. The van der Waals surface area contributed by atoms with E-state index in [-0.39, 0.29) is 26.2 Å². The van der Waals surface area contributed by atoms with Crippen molar-refractivity contribution in [3.05, 3.63) is 4.91 Å². The van der Waals surface area contributed by atoms with Gasteiger partial charge >= 0.3 is 6.03 Å². The molecule has 0 aromatic rings. The SMILES string of the molecule is NC(=O)N(CCO)CCN=O. The zero-order valence-electron chi connectivity index (χ0n) is 6.06. The van der Waals surface area contributed by atoms with Gasteiger partial charge in [-0.15, -0.1) is 0 Å². The molecule has 0 fully saturated rings. The molecule has 0 heterocycles. The Bertz CT molecular complexity index is 139. The molecule has 0 spiro atoms. The molecule has 0 rings (SSSR count). The molecule has 6 heteroatoms. The van der Waals surface area contributed by atoms with Crippen molar-refractivity contribution < 1.29 is 9.90 Å². The number of nitrogens with two attached hydrogens (primary N) is 1. The van der Waals surface area contributed by atoms with Gasteiger partial charge < -0.3 is 15.7 Å². The number of nitrogens with zero attached hydrogens (tertiary/aromatic N) is 2. The first kappa shape index (κ1) is 9.83. The number of rotatable bonds is 5. The predicted octanol–water partition coefficient (Wildman–Crippen LogP) is -0.874. The number of primary amides is 1. The Morgan fingerprint density at radius 3 is 2.55 bits per heavy atom. The highest BCUT2D eigenvalue weighted by Crippen LogP contribution is 1.86. The minimum Gasteiger partial charge on any atom is -0.395 e. The van der Waals surface area contributed by atoms with Crippen LogP contribution in [0.25, 0.3) is 0 Å². The first-order valence-electron chi connectivity index (χ1n) is 3.16. The van der Waals surface area contributed by atoms with Gasteiger partial charge in [0.25, 0.3) is 0 Å². The van der Waals surface area contributed by atoms with Crippen molar-refractivity contribution in [1.29, 1.82) is 0 Å². The Labute approximate surface area is 63.9 Å². The summed E-state index contributed by atoms with van der Waals surface area (Å²) in [6.45, 7) is 0.148. The van der Waals surface area contributed by atoms with E-state index in [1.54, 1.807) is 0 Å². The molecule has 64 valence electrons. The topological polar surface area (TPSA) is 96.0 Å². The summed E-state index contributed by atoms with van der Waals surface area (Å²) >= 11 is 0. The highest BCUT2D eigenvalue weighted by atomic mass is 16.3. The Balaban J connectivity index is 3.68. The van der Waals surface area contributed by atoms with E-state index in [1.807, 2.05) is 0 Å². The Morgan fingerprint density at radius 1 is 1.55 bits per heavy atom. The van der Waals surface area contributed by atoms with E-state index in [1.165, 1.54) is 0 Å². The van der Waals surface area contributed by atoms with Gasteiger partial charge in [-0.25, -0.2) is 4.79 Å². The van der Waals surface area contributed by atoms with Gasteiger partial charge in [0.1, 0.15) is 0 Å². The predicted molar refractivity (Wildman–Crippen MR) is 38.9 cm³/mol. The minimum atomic E-state index is -0.650. The van der Waals surface area contributed by atoms with E-state index in [0.717, 1.165) is 4.90 Å². The van der Waals surface area contributed by atoms with Crippen LogP contribution in [-0.2, 0) is 0 Å². The average molecular weight is 161 g/mol. The Kier molecular flexibility index (Phi) is 5.01. The molecular formula is C5H11N3O3. The van der Waals surface area contributed by atoms with Crippen LogP contribution in [0.2, 0.25) is 0 Å². The molecule has 0 radical (unpaired) electrons. The molecule has 6 nitrogen and oxygen atoms in total. The van der Waals surface area contributed by atoms with Crippen LogP contribution in [-0.4, -0.2) is 42.3 Å². The van der Waals surface area contributed by atoms with E-state index in [4.69, 9.17) is 10.8 Å². The summed E-state index contributed by atoms with van der Waals surface area (Å²) in [6, 6.07) is -0.650. The largest absolute Gasteiger partial charge is 0.395 e. The first-order chi connectivity index (χ1) is 5.22. The second kappa shape index (κ2) is 5.60. The van der Waals surface area contributed by atoms with E-state index in [2.05, 4.69) is 5.18 Å². The third-order valence-corrected chi connectivity index (χ3v) is 1.14. The van der Waals surface area contributed by atoms with Crippen LogP contribution in [0.4, 0.5) is 4.79 Å². The number of amides is 2. The summed E-state index contributed by atoms with van der Waals surface area (Å²) in [4.78, 5) is 21.3. The van der Waals surface area contributed by atoms with Gasteiger partial charge in [0.05, 0.1) is 13.2 Å². The monoisotopic (exact) mass is 161 g/mol. The molecule has 0 aromatic heterocycles. The van der Waals surface area contributed by atoms with Crippen LogP contribution in [0.15, 0.2) is 5.18 Å². The van der Waals surface area contributed by atoms with E-state index >= 15 is 0 Å². The summed E-state index contributed by atoms with van der Waals surface area (Å²) in [7, 11) is 0. The molecule has 0 saturated carbocycles. The van der Waals surface area contributed by atoms with Crippen LogP contribution >= 0.6 is 0 Å². The van der Waals surface area contributed by atoms with Crippen molar-refractivity contribution in [3.8, 4) is 0 Å². The number of aliphatic hydroxyl groups is 1. The summed E-state index contributed by atoms with van der Waals surface area (Å²) in [5.74, 6) is 0. The van der Waals surface area contributed by atoms with E-state index < -0.39 is 6.03 Å². The fourth-order valence-electron chi connectivity index (χ4n) is 0.614. The number of urea groups is 1. The van der Waals surface area contributed by atoms with Crippen molar-refractivity contribution in [2.24, 2.45) is 10.9 Å². The fraction of sp³-hybridized carbons (Fsp3) is 0.800. The average Bonchev–Trinajstić information content (AvgIpc) is 1.97. The lowest BCUT2D eigenvalue weighted by molar-refractivity contribution is 0.187. The van der Waals surface area contributed by atoms with Crippen LogP contribution < -0.4 is 5.73 Å². The summed E-state index contributed by atoms with van der Waals surface area (Å²) in [5.41, 5.74) is 4.90. The quantitative estimate of drug-likeness (QED) is 0.513. The zero-order valence-corrected chi connectivity index (χ0v) is 6.06. The van der Waals surface area contributed by atoms with Gasteiger partial charge in [-0.2, -0.15) is 4.91 Å². The highest BCUT2D eigenvalue weighted by Gasteiger charge is 2.06. The van der Waals surface area contributed by atoms with E-state index in [9.17, 15) is 9.70 Å². The molecule has 0 unspecified atom stereocenters. The third-order valence-electron chi connectivity index (χ3n) is 1.14. The number of aliphatic hydroxyl groups excluding tert-OH is 1. The molecule has 0 aliphatic heterocycles. The second-order valence-electron chi connectivity index (χ2n) is 1.90. The number of carbonyl (C=O) groups excluding carboxylic acids is 1. The van der Waals surface area contributed by atoms with Gasteiger partial charge in [-0.05, 0) is 0 Å². The van der Waals surface area contributed by atoms with Gasteiger partial charge in [-0.3, -0.25) is 0 Å². The van der Waals surface area contributed by atoms with Crippen LogP contribution in [0.5, 0.6) is 0 Å². The molecule has 3 N–H and O–H groups in total. The minimum absolute atomic E-state index is 0.00292. The van der Waals surface area contributed by atoms with Gasteiger partial charge in [0.15, 0.2) is 0 Å². The van der Waals surface area contributed by atoms with Crippen molar-refractivity contribution in [2.45, 2.75) is 0 Å². The Hall–Kier alpha value is -1.17. The number of hydrogen-bond acceptors (Lipinski definition) is 4. The molecule has 0 bridgehead atoms. The van der Waals surface area contributed by atoms with Crippen molar-refractivity contribution in [2.75, 3.05) is 26.2 Å². The first-order valence-corrected chi connectivity index (χ1v) is 3.16. The van der Waals surface area contributed by atoms with E-state index in [0.29, 0.717) is 0 Å². The van der Waals surface area contributed by atoms with Crippen LogP contribution in [0.1, 0.15) is 0 Å². The number of carbonyl (C=O) groups is 1. The maximum atomic E-state index is 10.5. The summed E-state index contributed by atoms with van der Waals surface area (Å²) in [5, 5.41) is 11.0. The van der Waals surface area contributed by atoms with Crippen LogP contribution in [0, 0.1) is 4.91 Å². The maximum Gasteiger partial charge on any atom is 0.314 e. The van der Waals surface area contributed by atoms with Gasteiger partial charge in [0.2, 0.25) is 0 Å². The molecule has 2 amide bonds. The smallest absolute Gasteiger partial charge is 0.314 e. The van der Waals surface area contributed by atoms with Crippen molar-refractivity contribution >= 4 is 6.03 Å². The molecule has 0 atom stereocenters. The standard InChI is InChI=1S/C5H11N3O3/c6-5(10)8(3-4-9)2-1-7-11/h9H,1-4H2,(H2,6,10). The maximum absolute atomic E-state index is 10.5. The Morgan fingerprint density at radius 2 is 2.18 bits per heavy atom. The molecule has 0 aliphatic carbocycles. The summed E-state index contributed by atoms with van der Waals surface area (Å²) in [6.07, 6.45) is 0. The van der Waals surface area contributed by atoms with Crippen molar-refractivity contribution in [1.82, 2.24) is 4.90 Å². The molecule has 0 aromatic carbocycles. The van der Waals surface area contributed by atoms with Crippen LogP contribution in [0.3, 0.4) is 0 Å². The molecule has 0 saturated heterocycles. The number of nitroso groups, excluding NO2 is 1. The summed E-state index contributed by atoms with van der Waals surface area (Å²) < 4.78 is 0. The lowest BCUT2D eigenvalue weighted by atomic mass is 10.5. The highest BCUT2D eigenvalue weighted by molar-refractivity contribution is 5.71. The third kappa shape index (κ3) is 4.26. The lowest BCUT2D eigenvalue weighted by Gasteiger charge is -2.16. The van der Waals surface area contributed by atoms with Gasteiger partial charge in [0, 0.05) is 13.1 Å². The lowest BCUT2D eigenvalue weighted by Crippen LogP contribution is -2.39. The van der Waals surface area contributed by atoms with Crippen molar-refractivity contribution in [3.63, 3.8) is 0 Å². The molecule has 0 aliphatic rings. The fourth-order valence-corrected chi connectivity index (χ4v) is 0.614.